The maximum atomic E-state index is 14.6. The van der Waals surface area contributed by atoms with E-state index in [2.05, 4.69) is 36.3 Å². The van der Waals surface area contributed by atoms with E-state index in [0.29, 0.717) is 39.4 Å². The van der Waals surface area contributed by atoms with Crippen LogP contribution < -0.4 is 16.2 Å². The number of hydrogen-bond acceptors (Lipinski definition) is 11. The monoisotopic (exact) mass is 685 g/mol. The lowest BCUT2D eigenvalue weighted by Gasteiger charge is -2.16. The van der Waals surface area contributed by atoms with Crippen LogP contribution >= 0.6 is 0 Å². The van der Waals surface area contributed by atoms with E-state index in [1.54, 1.807) is 50.2 Å². The third-order valence-electron chi connectivity index (χ3n) is 7.11. The van der Waals surface area contributed by atoms with Crippen LogP contribution in [-0.4, -0.2) is 50.7 Å². The van der Waals surface area contributed by atoms with Crippen LogP contribution in [0.2, 0.25) is 0 Å². The van der Waals surface area contributed by atoms with E-state index in [1.807, 2.05) is 30.3 Å². The van der Waals surface area contributed by atoms with Crippen molar-refractivity contribution in [1.29, 1.82) is 0 Å². The molecule has 0 atom stereocenters. The third kappa shape index (κ3) is 8.46. The number of anilines is 4. The van der Waals surface area contributed by atoms with Gasteiger partial charge in [-0.1, -0.05) is 54.6 Å². The molecular formula is C34H32FN7O4S2. The summed E-state index contributed by atoms with van der Waals surface area (Å²) < 4.78 is 62.2. The summed E-state index contributed by atoms with van der Waals surface area (Å²) in [5.41, 5.74) is 9.87. The Balaban J connectivity index is 1.59. The first-order valence-corrected chi connectivity index (χ1v) is 18.3. The topological polar surface area (TPSA) is 155 Å². The highest BCUT2D eigenvalue weighted by atomic mass is 32.2. The van der Waals surface area contributed by atoms with Gasteiger partial charge in [0.2, 0.25) is 5.95 Å². The SMILES string of the molecule is C/C(=N\Nc1nc(Nc2ccccc2)nc(N/N=C(\C)c2ccc(S(C)(=O)=O)cc2)c1-c1cccc(F)c1)c1ccc(S(C)(=O)=O)cc1. The Labute approximate surface area is 278 Å². The first-order valence-electron chi connectivity index (χ1n) is 14.5. The van der Waals surface area contributed by atoms with Crippen LogP contribution in [0.4, 0.5) is 27.7 Å². The number of hydrogen-bond donors (Lipinski definition) is 3. The summed E-state index contributed by atoms with van der Waals surface area (Å²) in [7, 11) is -6.73. The fourth-order valence-corrected chi connectivity index (χ4v) is 5.80. The quantitative estimate of drug-likeness (QED) is 0.104. The van der Waals surface area contributed by atoms with Gasteiger partial charge in [-0.15, -0.1) is 0 Å². The van der Waals surface area contributed by atoms with Crippen molar-refractivity contribution in [2.45, 2.75) is 23.6 Å². The third-order valence-corrected chi connectivity index (χ3v) is 9.37. The zero-order chi connectivity index (χ0) is 34.5. The fourth-order valence-electron chi connectivity index (χ4n) is 4.54. The van der Waals surface area contributed by atoms with Gasteiger partial charge in [-0.25, -0.2) is 21.2 Å². The predicted octanol–water partition coefficient (Wildman–Crippen LogP) is 6.51. The molecule has 0 saturated heterocycles. The van der Waals surface area contributed by atoms with E-state index in [0.717, 1.165) is 12.5 Å². The first kappa shape index (κ1) is 33.9. The van der Waals surface area contributed by atoms with Crippen LogP contribution in [0.5, 0.6) is 0 Å². The molecule has 0 aliphatic rings. The van der Waals surface area contributed by atoms with Gasteiger partial charge in [-0.2, -0.15) is 20.2 Å². The van der Waals surface area contributed by atoms with Crippen LogP contribution in [0.3, 0.4) is 0 Å². The Kier molecular flexibility index (Phi) is 9.96. The minimum Gasteiger partial charge on any atom is -0.324 e. The van der Waals surface area contributed by atoms with Crippen LogP contribution in [0.25, 0.3) is 11.1 Å². The van der Waals surface area contributed by atoms with E-state index in [1.165, 1.54) is 36.4 Å². The Morgan fingerprint density at radius 3 is 1.56 bits per heavy atom. The molecule has 0 aliphatic carbocycles. The van der Waals surface area contributed by atoms with Crippen molar-refractivity contribution < 1.29 is 21.2 Å². The van der Waals surface area contributed by atoms with Gasteiger partial charge in [0.25, 0.3) is 0 Å². The second-order valence-electron chi connectivity index (χ2n) is 10.8. The molecule has 246 valence electrons. The molecule has 0 saturated carbocycles. The molecular weight excluding hydrogens is 654 g/mol. The van der Waals surface area contributed by atoms with Gasteiger partial charge in [0, 0.05) is 18.2 Å². The zero-order valence-electron chi connectivity index (χ0n) is 26.4. The number of benzene rings is 4. The summed E-state index contributed by atoms with van der Waals surface area (Å²) >= 11 is 0. The lowest BCUT2D eigenvalue weighted by atomic mass is 10.1. The number of aromatic nitrogens is 2. The summed E-state index contributed by atoms with van der Waals surface area (Å²) in [6.07, 6.45) is 2.28. The van der Waals surface area contributed by atoms with Crippen molar-refractivity contribution in [3.63, 3.8) is 0 Å². The van der Waals surface area contributed by atoms with Crippen molar-refractivity contribution >= 4 is 54.4 Å². The molecule has 11 nitrogen and oxygen atoms in total. The molecule has 1 aromatic heterocycles. The smallest absolute Gasteiger partial charge is 0.231 e. The zero-order valence-corrected chi connectivity index (χ0v) is 28.1. The Morgan fingerprint density at radius 1 is 0.646 bits per heavy atom. The summed E-state index contributed by atoms with van der Waals surface area (Å²) in [5, 5.41) is 12.2. The number of nitrogens with zero attached hydrogens (tertiary/aromatic N) is 4. The normalized spacial score (nSPS) is 12.4. The van der Waals surface area contributed by atoms with Crippen LogP contribution in [0.1, 0.15) is 25.0 Å². The summed E-state index contributed by atoms with van der Waals surface area (Å²) in [5.74, 6) is 0.136. The number of para-hydroxylation sites is 1. The van der Waals surface area contributed by atoms with Gasteiger partial charge in [0.05, 0.1) is 26.8 Å². The molecule has 0 aliphatic heterocycles. The van der Waals surface area contributed by atoms with Gasteiger partial charge in [-0.3, -0.25) is 10.9 Å². The summed E-state index contributed by atoms with van der Waals surface area (Å²) in [6, 6.07) is 27.8. The van der Waals surface area contributed by atoms with Crippen molar-refractivity contribution in [2.24, 2.45) is 10.2 Å². The molecule has 48 heavy (non-hydrogen) atoms. The highest BCUT2D eigenvalue weighted by Crippen LogP contribution is 2.35. The molecule has 1 heterocycles. The molecule has 0 fully saturated rings. The summed E-state index contributed by atoms with van der Waals surface area (Å²) in [6.45, 7) is 3.49. The van der Waals surface area contributed by atoms with Gasteiger partial charge in [-0.05, 0) is 79.1 Å². The van der Waals surface area contributed by atoms with E-state index in [-0.39, 0.29) is 27.4 Å². The number of rotatable bonds is 11. The van der Waals surface area contributed by atoms with Gasteiger partial charge >= 0.3 is 0 Å². The Bertz CT molecular complexity index is 2110. The van der Waals surface area contributed by atoms with E-state index in [4.69, 9.17) is 0 Å². The number of nitrogens with one attached hydrogen (secondary N) is 3. The number of sulfone groups is 2. The van der Waals surface area contributed by atoms with E-state index in [9.17, 15) is 21.2 Å². The molecule has 5 rings (SSSR count). The molecule has 0 bridgehead atoms. The molecule has 0 radical (unpaired) electrons. The molecule has 0 amide bonds. The van der Waals surface area contributed by atoms with Crippen molar-refractivity contribution in [3.05, 3.63) is 120 Å². The largest absolute Gasteiger partial charge is 0.324 e. The molecule has 4 aromatic carbocycles. The highest BCUT2D eigenvalue weighted by molar-refractivity contribution is 7.91. The van der Waals surface area contributed by atoms with E-state index >= 15 is 0 Å². The molecule has 3 N–H and O–H groups in total. The van der Waals surface area contributed by atoms with E-state index < -0.39 is 25.5 Å². The highest BCUT2D eigenvalue weighted by Gasteiger charge is 2.18. The van der Waals surface area contributed by atoms with Crippen LogP contribution in [0, 0.1) is 5.82 Å². The Hall–Kier alpha value is -5.47. The summed E-state index contributed by atoms with van der Waals surface area (Å²) in [4.78, 5) is 9.73. The lowest BCUT2D eigenvalue weighted by molar-refractivity contribution is 0.600. The van der Waals surface area contributed by atoms with Crippen molar-refractivity contribution in [1.82, 2.24) is 9.97 Å². The van der Waals surface area contributed by atoms with Gasteiger partial charge in [0.1, 0.15) is 5.82 Å². The average molecular weight is 686 g/mol. The second-order valence-corrected chi connectivity index (χ2v) is 14.9. The van der Waals surface area contributed by atoms with Crippen LogP contribution in [0.15, 0.2) is 123 Å². The van der Waals surface area contributed by atoms with Crippen molar-refractivity contribution in [2.75, 3.05) is 28.7 Å². The standard InChI is InChI=1S/C34H32FN7O4S2/c1-22(24-13-17-29(18-14-24)47(3,43)44)39-41-32-31(26-9-8-10-27(35)21-26)33(38-34(37-32)36-28-11-6-5-7-12-28)42-40-23(2)25-15-19-30(20-16-25)48(4,45)46/h5-21H,1-4H3,(H3,36,37,38,41,42)/b39-22+,40-23+. The maximum absolute atomic E-state index is 14.6. The lowest BCUT2D eigenvalue weighted by Crippen LogP contribution is -2.09. The fraction of sp³-hybridized carbons (Fsp3) is 0.118. The number of halogens is 1. The molecule has 5 aromatic rings. The predicted molar refractivity (Wildman–Crippen MR) is 188 cm³/mol. The molecule has 0 spiro atoms. The minimum absolute atomic E-state index is 0.182. The van der Waals surface area contributed by atoms with Gasteiger partial charge < -0.3 is 5.32 Å². The van der Waals surface area contributed by atoms with Gasteiger partial charge in [0.15, 0.2) is 31.3 Å². The molecule has 14 heteroatoms. The molecule has 0 unspecified atom stereocenters. The minimum atomic E-state index is -3.36. The average Bonchev–Trinajstić information content (AvgIpc) is 3.05. The van der Waals surface area contributed by atoms with Crippen molar-refractivity contribution in [3.8, 4) is 11.1 Å². The Morgan fingerprint density at radius 2 is 1.12 bits per heavy atom. The first-order chi connectivity index (χ1) is 22.8. The number of hydrazone groups is 2. The second kappa shape index (κ2) is 14.1. The van der Waals surface area contributed by atoms with Crippen LogP contribution in [-0.2, 0) is 19.7 Å². The maximum Gasteiger partial charge on any atom is 0.231 e.